The van der Waals surface area contributed by atoms with Crippen molar-refractivity contribution in [3.8, 4) is 0 Å². The van der Waals surface area contributed by atoms with Crippen LogP contribution >= 0.6 is 11.8 Å². The highest BCUT2D eigenvalue weighted by molar-refractivity contribution is 8.05. The SMILES string of the molecule is CC(=O)N/C=C/SC1=C(C(=O)O)N2C(=O)[C@H]([C@@H](C)OC=O)C2C1. The number of nitrogens with one attached hydrogen (secondary N) is 1. The molecule has 0 radical (unpaired) electrons. The number of ether oxygens (including phenoxy) is 1. The molecule has 2 heterocycles. The molecule has 2 amide bonds. The third-order valence-electron chi connectivity index (χ3n) is 3.71. The maximum Gasteiger partial charge on any atom is 0.353 e. The molecule has 1 unspecified atom stereocenters. The Morgan fingerprint density at radius 1 is 1.52 bits per heavy atom. The number of carbonyl (C=O) groups is 4. The van der Waals surface area contributed by atoms with Gasteiger partial charge in [0.15, 0.2) is 0 Å². The number of hydrogen-bond acceptors (Lipinski definition) is 6. The summed E-state index contributed by atoms with van der Waals surface area (Å²) in [4.78, 5) is 46.6. The maximum absolute atomic E-state index is 12.2. The van der Waals surface area contributed by atoms with E-state index in [1.54, 1.807) is 12.3 Å². The Kier molecular flexibility index (Phi) is 5.09. The van der Waals surface area contributed by atoms with Crippen molar-refractivity contribution in [3.63, 3.8) is 0 Å². The molecule has 124 valence electrons. The van der Waals surface area contributed by atoms with Crippen molar-refractivity contribution >= 4 is 36.0 Å². The molecule has 2 aliphatic heterocycles. The van der Waals surface area contributed by atoms with Crippen molar-refractivity contribution < 1.29 is 29.0 Å². The summed E-state index contributed by atoms with van der Waals surface area (Å²) in [5.41, 5.74) is -0.0490. The first-order valence-electron chi connectivity index (χ1n) is 6.85. The second-order valence-corrected chi connectivity index (χ2v) is 6.14. The lowest BCUT2D eigenvalue weighted by Gasteiger charge is -2.45. The Morgan fingerprint density at radius 2 is 2.22 bits per heavy atom. The molecule has 9 heteroatoms. The van der Waals surface area contributed by atoms with Crippen molar-refractivity contribution in [1.29, 1.82) is 0 Å². The van der Waals surface area contributed by atoms with Crippen LogP contribution < -0.4 is 5.32 Å². The van der Waals surface area contributed by atoms with Crippen molar-refractivity contribution in [1.82, 2.24) is 10.2 Å². The normalized spacial score (nSPS) is 24.3. The minimum atomic E-state index is -1.18. The standard InChI is InChI=1S/C14H16N2O6S/c1-7(22-6-17)11-9-5-10(23-4-3-15-8(2)18)12(14(20)21)16(9)13(11)19/h3-4,6-7,9,11H,5H2,1-2H3,(H,15,18)(H,20,21)/b4-3+/t7-,9?,11-/m1/s1. The van der Waals surface area contributed by atoms with E-state index < -0.39 is 18.0 Å². The first kappa shape index (κ1) is 17.1. The van der Waals surface area contributed by atoms with Crippen LogP contribution in [0.5, 0.6) is 0 Å². The van der Waals surface area contributed by atoms with E-state index in [1.165, 1.54) is 18.0 Å². The first-order chi connectivity index (χ1) is 10.9. The lowest BCUT2D eigenvalue weighted by Crippen LogP contribution is -2.62. The Morgan fingerprint density at radius 3 is 2.78 bits per heavy atom. The summed E-state index contributed by atoms with van der Waals surface area (Å²) in [6.45, 7) is 3.25. The second kappa shape index (κ2) is 6.86. The molecule has 23 heavy (non-hydrogen) atoms. The molecule has 0 aromatic heterocycles. The van der Waals surface area contributed by atoms with Gasteiger partial charge in [0.05, 0.1) is 12.0 Å². The smallest absolute Gasteiger partial charge is 0.353 e. The number of nitrogens with zero attached hydrogens (tertiary/aromatic N) is 1. The summed E-state index contributed by atoms with van der Waals surface area (Å²) in [6.07, 6.45) is 1.18. The molecular formula is C14H16N2O6S. The van der Waals surface area contributed by atoms with Gasteiger partial charge in [-0.15, -0.1) is 0 Å². The summed E-state index contributed by atoms with van der Waals surface area (Å²) in [5, 5.41) is 13.4. The van der Waals surface area contributed by atoms with Crippen molar-refractivity contribution in [2.75, 3.05) is 0 Å². The van der Waals surface area contributed by atoms with E-state index in [2.05, 4.69) is 5.32 Å². The molecule has 0 bridgehead atoms. The van der Waals surface area contributed by atoms with Crippen molar-refractivity contribution in [2.24, 2.45) is 5.92 Å². The number of fused-ring (bicyclic) bond motifs is 1. The van der Waals surface area contributed by atoms with Gasteiger partial charge in [-0.25, -0.2) is 4.79 Å². The number of β-lactam (4-membered cyclic amide) rings is 1. The Labute approximate surface area is 136 Å². The number of hydrogen-bond donors (Lipinski definition) is 2. The summed E-state index contributed by atoms with van der Waals surface area (Å²) in [5.74, 6) is -2.31. The van der Waals surface area contributed by atoms with Crippen LogP contribution in [0.15, 0.2) is 22.2 Å². The van der Waals surface area contributed by atoms with E-state index in [0.29, 0.717) is 11.3 Å². The molecule has 1 fully saturated rings. The predicted octanol–water partition coefficient (Wildman–Crippen LogP) is 0.415. The monoisotopic (exact) mass is 340 g/mol. The van der Waals surface area contributed by atoms with Crippen LogP contribution in [0, 0.1) is 5.92 Å². The summed E-state index contributed by atoms with van der Waals surface area (Å²) >= 11 is 1.14. The van der Waals surface area contributed by atoms with Gasteiger partial charge in [0.2, 0.25) is 11.8 Å². The summed E-state index contributed by atoms with van der Waals surface area (Å²) in [7, 11) is 0. The fourth-order valence-electron chi connectivity index (χ4n) is 2.76. The van der Waals surface area contributed by atoms with E-state index >= 15 is 0 Å². The van der Waals surface area contributed by atoms with Gasteiger partial charge < -0.3 is 20.1 Å². The van der Waals surface area contributed by atoms with Gasteiger partial charge in [0.25, 0.3) is 6.47 Å². The quantitative estimate of drug-likeness (QED) is 0.510. The zero-order valence-electron chi connectivity index (χ0n) is 12.5. The van der Waals surface area contributed by atoms with Gasteiger partial charge in [-0.2, -0.15) is 0 Å². The van der Waals surface area contributed by atoms with E-state index in [0.717, 1.165) is 11.8 Å². The molecule has 2 aliphatic rings. The number of thioether (sulfide) groups is 1. The third kappa shape index (κ3) is 3.24. The first-order valence-corrected chi connectivity index (χ1v) is 7.73. The van der Waals surface area contributed by atoms with Gasteiger partial charge in [0, 0.05) is 24.4 Å². The van der Waals surface area contributed by atoms with Crippen molar-refractivity contribution in [2.45, 2.75) is 32.4 Å². The Bertz CT molecular complexity index is 614. The van der Waals surface area contributed by atoms with Gasteiger partial charge in [0.1, 0.15) is 11.8 Å². The molecule has 0 aromatic carbocycles. The van der Waals surface area contributed by atoms with E-state index in [-0.39, 0.29) is 30.0 Å². The number of carbonyl (C=O) groups excluding carboxylic acids is 3. The van der Waals surface area contributed by atoms with E-state index in [1.807, 2.05) is 0 Å². The minimum absolute atomic E-state index is 0.0490. The van der Waals surface area contributed by atoms with Crippen LogP contribution in [-0.2, 0) is 23.9 Å². The average Bonchev–Trinajstić information content (AvgIpc) is 2.78. The molecule has 2 rings (SSSR count). The number of rotatable bonds is 7. The summed E-state index contributed by atoms with van der Waals surface area (Å²) in [6, 6.07) is -0.319. The lowest BCUT2D eigenvalue weighted by atomic mass is 9.83. The van der Waals surface area contributed by atoms with E-state index in [9.17, 15) is 24.3 Å². The van der Waals surface area contributed by atoms with Gasteiger partial charge in [-0.1, -0.05) is 11.8 Å². The fourth-order valence-corrected chi connectivity index (χ4v) is 3.63. The molecule has 0 spiro atoms. The zero-order valence-corrected chi connectivity index (χ0v) is 13.3. The molecule has 0 aliphatic carbocycles. The topological polar surface area (TPSA) is 113 Å². The molecule has 1 saturated heterocycles. The summed E-state index contributed by atoms with van der Waals surface area (Å²) < 4.78 is 4.82. The van der Waals surface area contributed by atoms with Crippen LogP contribution in [0.1, 0.15) is 20.3 Å². The third-order valence-corrected chi connectivity index (χ3v) is 4.63. The van der Waals surface area contributed by atoms with Crippen LogP contribution in [-0.4, -0.2) is 46.4 Å². The Hall–Kier alpha value is -2.29. The van der Waals surface area contributed by atoms with Crippen molar-refractivity contribution in [3.05, 3.63) is 22.2 Å². The number of carboxylic acid groups (broad SMARTS) is 1. The second-order valence-electron chi connectivity index (χ2n) is 5.14. The Balaban J connectivity index is 2.12. The molecule has 2 N–H and O–H groups in total. The minimum Gasteiger partial charge on any atom is -0.477 e. The molecule has 8 nitrogen and oxygen atoms in total. The molecule has 3 atom stereocenters. The van der Waals surface area contributed by atoms with E-state index in [4.69, 9.17) is 4.74 Å². The van der Waals surface area contributed by atoms with Gasteiger partial charge in [-0.05, 0) is 12.3 Å². The predicted molar refractivity (Wildman–Crippen MR) is 80.6 cm³/mol. The molecule has 0 aromatic rings. The largest absolute Gasteiger partial charge is 0.477 e. The number of carboxylic acids is 1. The highest BCUT2D eigenvalue weighted by atomic mass is 32.2. The maximum atomic E-state index is 12.2. The van der Waals surface area contributed by atoms with Crippen LogP contribution in [0.3, 0.4) is 0 Å². The molecule has 0 saturated carbocycles. The lowest BCUT2D eigenvalue weighted by molar-refractivity contribution is -0.165. The van der Waals surface area contributed by atoms with Gasteiger partial charge in [-0.3, -0.25) is 14.4 Å². The number of aliphatic carboxylic acids is 1. The van der Waals surface area contributed by atoms with Gasteiger partial charge >= 0.3 is 5.97 Å². The average molecular weight is 340 g/mol. The zero-order chi connectivity index (χ0) is 17.1. The highest BCUT2D eigenvalue weighted by Crippen LogP contribution is 2.47. The van der Waals surface area contributed by atoms with Crippen LogP contribution in [0.2, 0.25) is 0 Å². The highest BCUT2D eigenvalue weighted by Gasteiger charge is 2.57. The fraction of sp³-hybridized carbons (Fsp3) is 0.429. The van der Waals surface area contributed by atoms with Crippen LogP contribution in [0.4, 0.5) is 0 Å². The number of amides is 2. The van der Waals surface area contributed by atoms with Crippen LogP contribution in [0.25, 0.3) is 0 Å². The molecular weight excluding hydrogens is 324 g/mol.